The summed E-state index contributed by atoms with van der Waals surface area (Å²) in [6, 6.07) is 10.1. The molecule has 1 heterocycles. The first-order valence-corrected chi connectivity index (χ1v) is 6.57. The molecule has 0 aliphatic rings. The van der Waals surface area contributed by atoms with Crippen LogP contribution in [0.5, 0.6) is 0 Å². The Kier molecular flexibility index (Phi) is 3.25. The van der Waals surface area contributed by atoms with E-state index >= 15 is 0 Å². The zero-order valence-corrected chi connectivity index (χ0v) is 11.3. The number of halogens is 2. The highest BCUT2D eigenvalue weighted by Gasteiger charge is 2.15. The maximum atomic E-state index is 13.9. The van der Waals surface area contributed by atoms with Crippen LogP contribution < -0.4 is 5.56 Å². The van der Waals surface area contributed by atoms with Crippen LogP contribution in [0.25, 0.3) is 22.3 Å². The van der Waals surface area contributed by atoms with E-state index in [0.29, 0.717) is 17.6 Å². The van der Waals surface area contributed by atoms with Gasteiger partial charge >= 0.3 is 0 Å². The topological polar surface area (TPSA) is 34.9 Å². The first-order valence-electron chi connectivity index (χ1n) is 6.57. The molecule has 0 aliphatic heterocycles. The minimum atomic E-state index is -0.668. The summed E-state index contributed by atoms with van der Waals surface area (Å²) in [7, 11) is 0. The number of para-hydroxylation sites is 2. The monoisotopic (exact) mass is 286 g/mol. The molecule has 0 amide bonds. The van der Waals surface area contributed by atoms with Crippen molar-refractivity contribution < 1.29 is 8.78 Å². The van der Waals surface area contributed by atoms with Gasteiger partial charge in [0, 0.05) is 12.1 Å². The van der Waals surface area contributed by atoms with E-state index in [4.69, 9.17) is 0 Å². The Bertz CT molecular complexity index is 887. The van der Waals surface area contributed by atoms with Crippen molar-refractivity contribution in [2.24, 2.45) is 0 Å². The third-order valence-corrected chi connectivity index (χ3v) is 3.35. The highest BCUT2D eigenvalue weighted by atomic mass is 19.1. The van der Waals surface area contributed by atoms with Gasteiger partial charge in [-0.2, -0.15) is 0 Å². The molecule has 0 unspecified atom stereocenters. The highest BCUT2D eigenvalue weighted by Crippen LogP contribution is 2.21. The zero-order chi connectivity index (χ0) is 15.0. The van der Waals surface area contributed by atoms with E-state index in [1.165, 1.54) is 4.57 Å². The second-order valence-electron chi connectivity index (χ2n) is 4.62. The lowest BCUT2D eigenvalue weighted by Gasteiger charge is -2.10. The van der Waals surface area contributed by atoms with Gasteiger partial charge in [0.05, 0.1) is 11.0 Å². The van der Waals surface area contributed by atoms with Crippen LogP contribution in [0.2, 0.25) is 0 Å². The van der Waals surface area contributed by atoms with E-state index in [1.54, 1.807) is 24.3 Å². The van der Waals surface area contributed by atoms with Crippen LogP contribution in [0.15, 0.2) is 47.3 Å². The fourth-order valence-corrected chi connectivity index (χ4v) is 2.36. The number of hydrogen-bond donors (Lipinski definition) is 0. The average molecular weight is 286 g/mol. The maximum Gasteiger partial charge on any atom is 0.277 e. The van der Waals surface area contributed by atoms with Crippen LogP contribution in [0.4, 0.5) is 8.78 Å². The van der Waals surface area contributed by atoms with Crippen LogP contribution in [-0.4, -0.2) is 9.55 Å². The Balaban J connectivity index is 2.41. The summed E-state index contributed by atoms with van der Waals surface area (Å²) < 4.78 is 28.8. The summed E-state index contributed by atoms with van der Waals surface area (Å²) in [6.45, 7) is 2.24. The molecule has 0 saturated heterocycles. The first kappa shape index (κ1) is 13.4. The lowest BCUT2D eigenvalue weighted by atomic mass is 10.1. The van der Waals surface area contributed by atoms with Gasteiger partial charge in [-0.3, -0.25) is 4.79 Å². The molecule has 0 atom stereocenters. The molecule has 0 radical (unpaired) electrons. The predicted octanol–water partition coefficient (Wildman–Crippen LogP) is 3.36. The number of hydrogen-bond acceptors (Lipinski definition) is 2. The molecule has 3 nitrogen and oxygen atoms in total. The Hall–Kier alpha value is -2.56. The smallest absolute Gasteiger partial charge is 0.277 e. The fraction of sp³-hybridized carbons (Fsp3) is 0.125. The number of aromatic nitrogens is 2. The molecule has 21 heavy (non-hydrogen) atoms. The first-order chi connectivity index (χ1) is 10.1. The number of aryl methyl sites for hydroxylation is 1. The number of nitrogens with zero attached hydrogens (tertiary/aromatic N) is 2. The molecule has 5 heteroatoms. The van der Waals surface area contributed by atoms with Crippen LogP contribution in [0.1, 0.15) is 6.92 Å². The van der Waals surface area contributed by atoms with Crippen molar-refractivity contribution in [3.8, 4) is 11.3 Å². The van der Waals surface area contributed by atoms with Gasteiger partial charge in [0.25, 0.3) is 5.56 Å². The predicted molar refractivity (Wildman–Crippen MR) is 77.0 cm³/mol. The van der Waals surface area contributed by atoms with Gasteiger partial charge in [0.1, 0.15) is 17.3 Å². The van der Waals surface area contributed by atoms with Gasteiger partial charge in [-0.1, -0.05) is 12.1 Å². The molecular formula is C16H12F2N2O. The highest BCUT2D eigenvalue weighted by molar-refractivity contribution is 5.77. The van der Waals surface area contributed by atoms with Gasteiger partial charge in [0.15, 0.2) is 0 Å². The lowest BCUT2D eigenvalue weighted by Crippen LogP contribution is -2.23. The van der Waals surface area contributed by atoms with Crippen molar-refractivity contribution in [2.45, 2.75) is 13.5 Å². The summed E-state index contributed by atoms with van der Waals surface area (Å²) >= 11 is 0. The fourth-order valence-electron chi connectivity index (χ4n) is 2.36. The van der Waals surface area contributed by atoms with Gasteiger partial charge < -0.3 is 4.57 Å². The van der Waals surface area contributed by atoms with Crippen LogP contribution in [0, 0.1) is 11.6 Å². The number of fused-ring (bicyclic) bond motifs is 1. The molecule has 1 aromatic heterocycles. The van der Waals surface area contributed by atoms with Gasteiger partial charge in [-0.05, 0) is 37.3 Å². The average Bonchev–Trinajstić information content (AvgIpc) is 2.49. The molecule has 106 valence electrons. The van der Waals surface area contributed by atoms with E-state index < -0.39 is 17.2 Å². The molecule has 3 aromatic rings. The van der Waals surface area contributed by atoms with Gasteiger partial charge in [-0.15, -0.1) is 0 Å². The molecule has 0 N–H and O–H groups in total. The molecule has 0 saturated carbocycles. The summed E-state index contributed by atoms with van der Waals surface area (Å²) in [5.41, 5.74) is 0.615. The van der Waals surface area contributed by atoms with Gasteiger partial charge in [0.2, 0.25) is 0 Å². The minimum Gasteiger partial charge on any atom is -0.305 e. The zero-order valence-electron chi connectivity index (χ0n) is 11.3. The standard InChI is InChI=1S/C16H12F2N2O/c1-2-20-14-6-4-3-5-13(14)19-15(16(20)21)11-9-10(17)7-8-12(11)18/h3-9H,2H2,1H3. The number of rotatable bonds is 2. The second kappa shape index (κ2) is 5.09. The molecule has 0 spiro atoms. The largest absolute Gasteiger partial charge is 0.305 e. The normalized spacial score (nSPS) is 11.0. The van der Waals surface area contributed by atoms with Crippen LogP contribution in [-0.2, 0) is 6.54 Å². The lowest BCUT2D eigenvalue weighted by molar-refractivity contribution is 0.602. The Morgan fingerprint density at radius 1 is 1.14 bits per heavy atom. The summed E-state index contributed by atoms with van der Waals surface area (Å²) in [4.78, 5) is 16.7. The van der Waals surface area contributed by atoms with Gasteiger partial charge in [-0.25, -0.2) is 13.8 Å². The van der Waals surface area contributed by atoms with E-state index in [0.717, 1.165) is 18.2 Å². The summed E-state index contributed by atoms with van der Waals surface area (Å²) in [6.07, 6.45) is 0. The molecule has 0 fully saturated rings. The minimum absolute atomic E-state index is 0.0763. The van der Waals surface area contributed by atoms with E-state index in [1.807, 2.05) is 6.92 Å². The summed E-state index contributed by atoms with van der Waals surface area (Å²) in [5.74, 6) is -1.28. The van der Waals surface area contributed by atoms with Crippen molar-refractivity contribution >= 4 is 11.0 Å². The Morgan fingerprint density at radius 2 is 1.90 bits per heavy atom. The Morgan fingerprint density at radius 3 is 2.67 bits per heavy atom. The van der Waals surface area contributed by atoms with Crippen LogP contribution in [0.3, 0.4) is 0 Å². The maximum absolute atomic E-state index is 13.9. The van der Waals surface area contributed by atoms with Crippen molar-refractivity contribution in [2.75, 3.05) is 0 Å². The van der Waals surface area contributed by atoms with Crippen molar-refractivity contribution in [1.82, 2.24) is 9.55 Å². The Labute approximate surface area is 119 Å². The van der Waals surface area contributed by atoms with E-state index in [2.05, 4.69) is 4.98 Å². The van der Waals surface area contributed by atoms with Crippen LogP contribution >= 0.6 is 0 Å². The molecule has 3 rings (SSSR count). The quantitative estimate of drug-likeness (QED) is 0.724. The summed E-state index contributed by atoms with van der Waals surface area (Å²) in [5, 5.41) is 0. The van der Waals surface area contributed by atoms with E-state index in [-0.39, 0.29) is 11.3 Å². The third kappa shape index (κ3) is 2.20. The van der Waals surface area contributed by atoms with Crippen molar-refractivity contribution in [3.63, 3.8) is 0 Å². The van der Waals surface area contributed by atoms with E-state index in [9.17, 15) is 13.6 Å². The SMILES string of the molecule is CCn1c(=O)c(-c2cc(F)ccc2F)nc2ccccc21. The molecule has 0 aliphatic carbocycles. The van der Waals surface area contributed by atoms with Crippen molar-refractivity contribution in [3.05, 3.63) is 64.5 Å². The third-order valence-electron chi connectivity index (χ3n) is 3.35. The molecule has 0 bridgehead atoms. The molecule has 2 aromatic carbocycles. The van der Waals surface area contributed by atoms with Crippen molar-refractivity contribution in [1.29, 1.82) is 0 Å². The number of benzene rings is 2. The molecular weight excluding hydrogens is 274 g/mol. The second-order valence-corrected chi connectivity index (χ2v) is 4.62.